The predicted octanol–water partition coefficient (Wildman–Crippen LogP) is 2.59. The van der Waals surface area contributed by atoms with Gasteiger partial charge in [-0.2, -0.15) is 5.10 Å². The number of hydrogen-bond acceptors (Lipinski definition) is 5. The van der Waals surface area contributed by atoms with Crippen LogP contribution in [0, 0.1) is 0 Å². The van der Waals surface area contributed by atoms with Crippen LogP contribution in [0.3, 0.4) is 0 Å². The van der Waals surface area contributed by atoms with E-state index in [9.17, 15) is 4.79 Å². The van der Waals surface area contributed by atoms with Crippen molar-refractivity contribution in [1.82, 2.24) is 20.1 Å². The maximum Gasteiger partial charge on any atom is 0.407 e. The van der Waals surface area contributed by atoms with Crippen LogP contribution in [0.25, 0.3) is 5.82 Å². The Morgan fingerprint density at radius 3 is 2.78 bits per heavy atom. The van der Waals surface area contributed by atoms with Crippen LogP contribution in [0.5, 0.6) is 0 Å². The van der Waals surface area contributed by atoms with Crippen molar-refractivity contribution in [3.8, 4) is 5.82 Å². The van der Waals surface area contributed by atoms with Gasteiger partial charge in [-0.25, -0.2) is 14.5 Å². The second-order valence-electron chi connectivity index (χ2n) is 6.25. The smallest absolute Gasteiger partial charge is 0.407 e. The van der Waals surface area contributed by atoms with E-state index in [2.05, 4.69) is 20.7 Å². The molecular weight excluding hydrogens is 294 g/mol. The Bertz CT molecular complexity index is 634. The first-order chi connectivity index (χ1) is 10.8. The second kappa shape index (κ2) is 7.13. The molecule has 7 heteroatoms. The second-order valence-corrected chi connectivity index (χ2v) is 6.25. The number of alkyl carbamates (subject to hydrolysis) is 1. The number of ether oxygens (including phenoxy) is 1. The molecule has 2 N–H and O–H groups in total. The SMILES string of the molecule is CC(CNC(=O)OC(C)(C)C)Nc1cccnc1-n1cccn1. The van der Waals surface area contributed by atoms with E-state index in [1.54, 1.807) is 17.1 Å². The number of hydrogen-bond donors (Lipinski definition) is 2. The summed E-state index contributed by atoms with van der Waals surface area (Å²) in [5, 5.41) is 10.3. The predicted molar refractivity (Wildman–Crippen MR) is 88.7 cm³/mol. The van der Waals surface area contributed by atoms with E-state index in [0.717, 1.165) is 5.69 Å². The maximum atomic E-state index is 11.7. The molecule has 0 radical (unpaired) electrons. The normalized spacial score (nSPS) is 12.5. The van der Waals surface area contributed by atoms with Gasteiger partial charge in [-0.05, 0) is 45.9 Å². The molecule has 0 bridgehead atoms. The van der Waals surface area contributed by atoms with Gasteiger partial charge in [0.05, 0.1) is 5.69 Å². The van der Waals surface area contributed by atoms with Crippen LogP contribution in [-0.2, 0) is 4.74 Å². The number of nitrogens with zero attached hydrogens (tertiary/aromatic N) is 3. The average molecular weight is 317 g/mol. The molecule has 2 rings (SSSR count). The van der Waals surface area contributed by atoms with Gasteiger partial charge in [0, 0.05) is 31.2 Å². The quantitative estimate of drug-likeness (QED) is 0.886. The molecule has 0 aromatic carbocycles. The van der Waals surface area contributed by atoms with Crippen LogP contribution >= 0.6 is 0 Å². The summed E-state index contributed by atoms with van der Waals surface area (Å²) in [4.78, 5) is 16.0. The molecular formula is C16H23N5O2. The monoisotopic (exact) mass is 317 g/mol. The number of pyridine rings is 1. The van der Waals surface area contributed by atoms with Crippen molar-refractivity contribution in [1.29, 1.82) is 0 Å². The van der Waals surface area contributed by atoms with Crippen molar-refractivity contribution < 1.29 is 9.53 Å². The van der Waals surface area contributed by atoms with Gasteiger partial charge in [0.15, 0.2) is 5.82 Å². The highest BCUT2D eigenvalue weighted by Crippen LogP contribution is 2.17. The summed E-state index contributed by atoms with van der Waals surface area (Å²) in [6.07, 6.45) is 4.82. The average Bonchev–Trinajstić information content (AvgIpc) is 2.98. The zero-order valence-electron chi connectivity index (χ0n) is 13.9. The molecule has 7 nitrogen and oxygen atoms in total. The zero-order chi connectivity index (χ0) is 16.9. The lowest BCUT2D eigenvalue weighted by Gasteiger charge is -2.22. The van der Waals surface area contributed by atoms with E-state index in [1.165, 1.54) is 0 Å². The van der Waals surface area contributed by atoms with Gasteiger partial charge >= 0.3 is 6.09 Å². The molecule has 1 unspecified atom stereocenters. The lowest BCUT2D eigenvalue weighted by atomic mass is 10.2. The molecule has 0 aliphatic rings. The van der Waals surface area contributed by atoms with Crippen molar-refractivity contribution in [2.75, 3.05) is 11.9 Å². The summed E-state index contributed by atoms with van der Waals surface area (Å²) < 4.78 is 6.91. The first-order valence-electron chi connectivity index (χ1n) is 7.53. The number of amides is 1. The zero-order valence-corrected chi connectivity index (χ0v) is 13.9. The Hall–Kier alpha value is -2.57. The largest absolute Gasteiger partial charge is 0.444 e. The molecule has 0 spiro atoms. The Morgan fingerprint density at radius 1 is 1.35 bits per heavy atom. The molecule has 0 saturated heterocycles. The number of nitrogens with one attached hydrogen (secondary N) is 2. The van der Waals surface area contributed by atoms with E-state index >= 15 is 0 Å². The number of anilines is 1. The summed E-state index contributed by atoms with van der Waals surface area (Å²) in [6.45, 7) is 7.90. The lowest BCUT2D eigenvalue weighted by molar-refractivity contribution is 0.0526. The van der Waals surface area contributed by atoms with E-state index in [0.29, 0.717) is 12.4 Å². The Labute approximate surface area is 136 Å². The molecule has 1 atom stereocenters. The standard InChI is InChI=1S/C16H23N5O2/c1-12(11-18-15(22)23-16(2,3)4)20-13-7-5-8-17-14(13)21-10-6-9-19-21/h5-10,12,20H,11H2,1-4H3,(H,18,22). The molecule has 2 aromatic heterocycles. The third kappa shape index (κ3) is 5.28. The summed E-state index contributed by atoms with van der Waals surface area (Å²) >= 11 is 0. The van der Waals surface area contributed by atoms with Crippen LogP contribution < -0.4 is 10.6 Å². The van der Waals surface area contributed by atoms with Gasteiger partial charge in [-0.3, -0.25) is 0 Å². The molecule has 0 aliphatic carbocycles. The van der Waals surface area contributed by atoms with Crippen molar-refractivity contribution in [2.24, 2.45) is 0 Å². The fraction of sp³-hybridized carbons (Fsp3) is 0.438. The Morgan fingerprint density at radius 2 is 2.13 bits per heavy atom. The van der Waals surface area contributed by atoms with E-state index < -0.39 is 11.7 Å². The molecule has 0 aliphatic heterocycles. The number of carbonyl (C=O) groups is 1. The molecule has 23 heavy (non-hydrogen) atoms. The topological polar surface area (TPSA) is 81.1 Å². The van der Waals surface area contributed by atoms with Crippen LogP contribution in [-0.4, -0.2) is 39.0 Å². The number of aromatic nitrogens is 3. The van der Waals surface area contributed by atoms with Gasteiger partial charge in [0.2, 0.25) is 0 Å². The van der Waals surface area contributed by atoms with Gasteiger partial charge in [0.25, 0.3) is 0 Å². The first-order valence-corrected chi connectivity index (χ1v) is 7.53. The molecule has 1 amide bonds. The molecule has 0 saturated carbocycles. The minimum atomic E-state index is -0.503. The van der Waals surface area contributed by atoms with Gasteiger partial charge in [-0.1, -0.05) is 0 Å². The van der Waals surface area contributed by atoms with Gasteiger partial charge < -0.3 is 15.4 Å². The van der Waals surface area contributed by atoms with Crippen molar-refractivity contribution >= 4 is 11.8 Å². The van der Waals surface area contributed by atoms with Crippen LogP contribution in [0.1, 0.15) is 27.7 Å². The minimum Gasteiger partial charge on any atom is -0.444 e. The fourth-order valence-corrected chi connectivity index (χ4v) is 1.95. The van der Waals surface area contributed by atoms with Gasteiger partial charge in [-0.15, -0.1) is 0 Å². The van der Waals surface area contributed by atoms with E-state index in [-0.39, 0.29) is 6.04 Å². The summed E-state index contributed by atoms with van der Waals surface area (Å²) in [6, 6.07) is 5.62. The van der Waals surface area contributed by atoms with E-state index in [4.69, 9.17) is 4.74 Å². The molecule has 2 aromatic rings. The van der Waals surface area contributed by atoms with Gasteiger partial charge in [0.1, 0.15) is 5.60 Å². The highest BCUT2D eigenvalue weighted by Gasteiger charge is 2.16. The number of rotatable bonds is 5. The third-order valence-electron chi connectivity index (χ3n) is 2.86. The Balaban J connectivity index is 1.94. The fourth-order valence-electron chi connectivity index (χ4n) is 1.95. The highest BCUT2D eigenvalue weighted by molar-refractivity contribution is 5.67. The molecule has 0 fully saturated rings. The van der Waals surface area contributed by atoms with Crippen molar-refractivity contribution in [3.05, 3.63) is 36.8 Å². The summed E-state index contributed by atoms with van der Waals surface area (Å²) in [5.41, 5.74) is 0.340. The Kier molecular flexibility index (Phi) is 5.20. The molecule has 2 heterocycles. The summed E-state index contributed by atoms with van der Waals surface area (Å²) in [7, 11) is 0. The van der Waals surface area contributed by atoms with Crippen molar-refractivity contribution in [2.45, 2.75) is 39.3 Å². The maximum absolute atomic E-state index is 11.7. The minimum absolute atomic E-state index is 0.000954. The third-order valence-corrected chi connectivity index (χ3v) is 2.86. The van der Waals surface area contributed by atoms with Crippen molar-refractivity contribution in [3.63, 3.8) is 0 Å². The lowest BCUT2D eigenvalue weighted by Crippen LogP contribution is -2.38. The first kappa shape index (κ1) is 16.8. The molecule has 124 valence electrons. The highest BCUT2D eigenvalue weighted by atomic mass is 16.6. The van der Waals surface area contributed by atoms with E-state index in [1.807, 2.05) is 52.1 Å². The summed E-state index contributed by atoms with van der Waals surface area (Å²) in [5.74, 6) is 0.710. The van der Waals surface area contributed by atoms with Crippen LogP contribution in [0.2, 0.25) is 0 Å². The van der Waals surface area contributed by atoms with Crippen LogP contribution in [0.4, 0.5) is 10.5 Å². The van der Waals surface area contributed by atoms with Crippen LogP contribution in [0.15, 0.2) is 36.8 Å². The number of carbonyl (C=O) groups excluding carboxylic acids is 1.